The average Bonchev–Trinajstić information content (AvgIpc) is 2.77. The molecular weight excluding hydrogens is 354 g/mol. The first-order chi connectivity index (χ1) is 14.1. The molecular formula is C27H49NO. The van der Waals surface area contributed by atoms with Crippen molar-refractivity contribution in [2.24, 2.45) is 23.7 Å². The maximum absolute atomic E-state index is 5.62. The topological polar surface area (TPSA) is 12.5 Å². The van der Waals surface area contributed by atoms with Crippen LogP contribution in [0.1, 0.15) is 117 Å². The predicted molar refractivity (Wildman–Crippen MR) is 123 cm³/mol. The molecule has 0 aromatic heterocycles. The van der Waals surface area contributed by atoms with E-state index in [1.54, 1.807) is 0 Å². The Morgan fingerprint density at radius 3 is 1.21 bits per heavy atom. The Morgan fingerprint density at radius 1 is 0.483 bits per heavy atom. The summed E-state index contributed by atoms with van der Waals surface area (Å²) >= 11 is 0. The lowest BCUT2D eigenvalue weighted by atomic mass is 9.71. The third-order valence-corrected chi connectivity index (χ3v) is 9.70. The van der Waals surface area contributed by atoms with Gasteiger partial charge in [0.1, 0.15) is 0 Å². The van der Waals surface area contributed by atoms with Crippen LogP contribution in [0.3, 0.4) is 0 Å². The zero-order valence-corrected chi connectivity index (χ0v) is 19.8. The van der Waals surface area contributed by atoms with Gasteiger partial charge in [0.2, 0.25) is 0 Å². The minimum absolute atomic E-state index is 0.556. The van der Waals surface area contributed by atoms with Gasteiger partial charge in [0.05, 0.1) is 6.10 Å². The third kappa shape index (κ3) is 5.59. The van der Waals surface area contributed by atoms with Crippen LogP contribution in [0, 0.1) is 23.7 Å². The van der Waals surface area contributed by atoms with E-state index in [-0.39, 0.29) is 0 Å². The minimum Gasteiger partial charge on any atom is -0.381 e. The van der Waals surface area contributed by atoms with E-state index in [0.29, 0.717) is 6.10 Å². The van der Waals surface area contributed by atoms with Gasteiger partial charge >= 0.3 is 0 Å². The smallest absolute Gasteiger partial charge is 0.0571 e. The van der Waals surface area contributed by atoms with E-state index in [1.807, 2.05) is 7.11 Å². The highest BCUT2D eigenvalue weighted by molar-refractivity contribution is 4.93. The molecule has 0 N–H and O–H groups in total. The SMILES string of the molecule is COC1CCC(C2CCC(N(C3CCC(C)CC3)C3CCC(C)CC3)CC2)CC1. The largest absolute Gasteiger partial charge is 0.381 e. The molecule has 0 bridgehead atoms. The van der Waals surface area contributed by atoms with Gasteiger partial charge in [-0.1, -0.05) is 13.8 Å². The Kier molecular flexibility index (Phi) is 8.00. The second-order valence-corrected chi connectivity index (χ2v) is 11.6. The summed E-state index contributed by atoms with van der Waals surface area (Å²) < 4.78 is 5.62. The number of rotatable bonds is 5. The zero-order chi connectivity index (χ0) is 20.2. The molecule has 4 aliphatic rings. The third-order valence-electron chi connectivity index (χ3n) is 9.70. The van der Waals surface area contributed by atoms with Gasteiger partial charge in [-0.25, -0.2) is 0 Å². The molecule has 4 fully saturated rings. The van der Waals surface area contributed by atoms with E-state index < -0.39 is 0 Å². The summed E-state index contributed by atoms with van der Waals surface area (Å²) in [4.78, 5) is 3.15. The molecule has 4 saturated carbocycles. The van der Waals surface area contributed by atoms with Crippen LogP contribution in [-0.4, -0.2) is 36.2 Å². The van der Waals surface area contributed by atoms with Gasteiger partial charge in [-0.15, -0.1) is 0 Å². The van der Waals surface area contributed by atoms with Gasteiger partial charge in [-0.3, -0.25) is 4.90 Å². The van der Waals surface area contributed by atoms with E-state index in [1.165, 1.54) is 103 Å². The fraction of sp³-hybridized carbons (Fsp3) is 1.00. The summed E-state index contributed by atoms with van der Waals surface area (Å²) in [6, 6.07) is 2.71. The fourth-order valence-electron chi connectivity index (χ4n) is 7.64. The molecule has 0 radical (unpaired) electrons. The van der Waals surface area contributed by atoms with E-state index in [4.69, 9.17) is 4.74 Å². The van der Waals surface area contributed by atoms with Crippen molar-refractivity contribution in [3.8, 4) is 0 Å². The molecule has 0 heterocycles. The first kappa shape index (κ1) is 22.1. The average molecular weight is 404 g/mol. The van der Waals surface area contributed by atoms with Crippen molar-refractivity contribution in [1.29, 1.82) is 0 Å². The minimum atomic E-state index is 0.556. The van der Waals surface area contributed by atoms with E-state index >= 15 is 0 Å². The monoisotopic (exact) mass is 403 g/mol. The summed E-state index contributed by atoms with van der Waals surface area (Å²) in [5.41, 5.74) is 0. The summed E-state index contributed by atoms with van der Waals surface area (Å²) in [5, 5.41) is 0. The van der Waals surface area contributed by atoms with Crippen LogP contribution in [0.4, 0.5) is 0 Å². The van der Waals surface area contributed by atoms with Crippen LogP contribution in [0.5, 0.6) is 0 Å². The predicted octanol–water partition coefficient (Wildman–Crippen LogP) is 7.21. The second-order valence-electron chi connectivity index (χ2n) is 11.6. The number of ether oxygens (including phenoxy) is 1. The number of nitrogens with zero attached hydrogens (tertiary/aromatic N) is 1. The van der Waals surface area contributed by atoms with Gasteiger partial charge in [-0.2, -0.15) is 0 Å². The maximum atomic E-state index is 5.62. The molecule has 2 heteroatoms. The maximum Gasteiger partial charge on any atom is 0.0571 e. The number of hydrogen-bond donors (Lipinski definition) is 0. The van der Waals surface area contributed by atoms with Crippen LogP contribution in [0.25, 0.3) is 0 Å². The molecule has 0 unspecified atom stereocenters. The summed E-state index contributed by atoms with van der Waals surface area (Å²) in [7, 11) is 1.91. The molecule has 4 rings (SSSR count). The standard InChI is InChI=1S/C27H49NO/c1-20-4-12-24(13-5-20)28(25-14-6-21(2)7-15-25)26-16-8-22(9-17-26)23-10-18-27(29-3)19-11-23/h20-27H,4-19H2,1-3H3. The Bertz CT molecular complexity index is 439. The van der Waals surface area contributed by atoms with E-state index in [9.17, 15) is 0 Å². The van der Waals surface area contributed by atoms with E-state index in [2.05, 4.69) is 18.7 Å². The van der Waals surface area contributed by atoms with Crippen molar-refractivity contribution < 1.29 is 4.74 Å². The molecule has 0 aromatic carbocycles. The summed E-state index contributed by atoms with van der Waals surface area (Å²) in [6.07, 6.45) is 23.9. The van der Waals surface area contributed by atoms with Gasteiger partial charge in [0.25, 0.3) is 0 Å². The van der Waals surface area contributed by atoms with E-state index in [0.717, 1.165) is 41.8 Å². The Morgan fingerprint density at radius 2 is 0.828 bits per heavy atom. The molecule has 0 amide bonds. The first-order valence-electron chi connectivity index (χ1n) is 13.4. The first-order valence-corrected chi connectivity index (χ1v) is 13.4. The summed E-state index contributed by atoms with van der Waals surface area (Å²) in [6.45, 7) is 4.96. The Balaban J connectivity index is 1.34. The molecule has 2 nitrogen and oxygen atoms in total. The highest BCUT2D eigenvalue weighted by Crippen LogP contribution is 2.43. The van der Waals surface area contributed by atoms with Crippen LogP contribution >= 0.6 is 0 Å². The highest BCUT2D eigenvalue weighted by atomic mass is 16.5. The van der Waals surface area contributed by atoms with Gasteiger partial charge in [-0.05, 0) is 126 Å². The molecule has 0 spiro atoms. The molecule has 0 saturated heterocycles. The lowest BCUT2D eigenvalue weighted by Gasteiger charge is -2.50. The molecule has 0 aromatic rings. The van der Waals surface area contributed by atoms with Crippen LogP contribution in [0.2, 0.25) is 0 Å². The number of methoxy groups -OCH3 is 1. The molecule has 0 atom stereocenters. The van der Waals surface area contributed by atoms with Crippen molar-refractivity contribution >= 4 is 0 Å². The van der Waals surface area contributed by atoms with Crippen LogP contribution in [-0.2, 0) is 4.74 Å². The number of hydrogen-bond acceptors (Lipinski definition) is 2. The van der Waals surface area contributed by atoms with Gasteiger partial charge in [0, 0.05) is 25.2 Å². The highest BCUT2D eigenvalue weighted by Gasteiger charge is 2.39. The van der Waals surface area contributed by atoms with Crippen molar-refractivity contribution in [3.63, 3.8) is 0 Å². The quantitative estimate of drug-likeness (QED) is 0.481. The van der Waals surface area contributed by atoms with Gasteiger partial charge < -0.3 is 4.74 Å². The molecule has 0 aliphatic heterocycles. The molecule has 29 heavy (non-hydrogen) atoms. The fourth-order valence-corrected chi connectivity index (χ4v) is 7.64. The zero-order valence-electron chi connectivity index (χ0n) is 19.8. The lowest BCUT2D eigenvalue weighted by Crippen LogP contribution is -2.52. The van der Waals surface area contributed by atoms with Crippen molar-refractivity contribution in [3.05, 3.63) is 0 Å². The van der Waals surface area contributed by atoms with Crippen LogP contribution in [0.15, 0.2) is 0 Å². The Labute approximate surface area is 181 Å². The van der Waals surface area contributed by atoms with Crippen molar-refractivity contribution in [1.82, 2.24) is 4.90 Å². The van der Waals surface area contributed by atoms with Crippen LogP contribution < -0.4 is 0 Å². The lowest BCUT2D eigenvalue weighted by molar-refractivity contribution is -0.00512. The second kappa shape index (κ2) is 10.5. The molecule has 4 aliphatic carbocycles. The molecule has 168 valence electrons. The van der Waals surface area contributed by atoms with Crippen molar-refractivity contribution in [2.45, 2.75) is 141 Å². The van der Waals surface area contributed by atoms with Gasteiger partial charge in [0.15, 0.2) is 0 Å². The Hall–Kier alpha value is -0.0800. The normalized spacial score (nSPS) is 44.7. The van der Waals surface area contributed by atoms with Crippen molar-refractivity contribution in [2.75, 3.05) is 7.11 Å². The summed E-state index contributed by atoms with van der Waals surface area (Å²) in [5.74, 6) is 3.96.